The first-order valence-electron chi connectivity index (χ1n) is 6.19. The lowest BCUT2D eigenvalue weighted by Crippen LogP contribution is -2.03. The molecular weight excluding hydrogens is 172 g/mol. The zero-order valence-corrected chi connectivity index (χ0v) is 10.5. The fourth-order valence-corrected chi connectivity index (χ4v) is 1.82. The van der Waals surface area contributed by atoms with Crippen molar-refractivity contribution in [1.82, 2.24) is 0 Å². The van der Waals surface area contributed by atoms with E-state index >= 15 is 0 Å². The SMILES string of the molecule is CC[C@@H](CCCCC(C)C)CCOC. The van der Waals surface area contributed by atoms with Gasteiger partial charge in [-0.05, 0) is 18.3 Å². The quantitative estimate of drug-likeness (QED) is 0.505. The van der Waals surface area contributed by atoms with Crippen molar-refractivity contribution in [1.29, 1.82) is 0 Å². The first kappa shape index (κ1) is 14.0. The second-order valence-corrected chi connectivity index (χ2v) is 4.73. The summed E-state index contributed by atoms with van der Waals surface area (Å²) in [4.78, 5) is 0. The number of ether oxygens (including phenoxy) is 1. The van der Waals surface area contributed by atoms with E-state index in [0.717, 1.165) is 18.4 Å². The molecule has 0 aliphatic carbocycles. The maximum absolute atomic E-state index is 5.12. The third-order valence-electron chi connectivity index (χ3n) is 2.95. The summed E-state index contributed by atoms with van der Waals surface area (Å²) in [7, 11) is 1.80. The van der Waals surface area contributed by atoms with Gasteiger partial charge in [-0.1, -0.05) is 52.9 Å². The molecule has 0 N–H and O–H groups in total. The van der Waals surface area contributed by atoms with Crippen molar-refractivity contribution in [2.45, 2.75) is 59.3 Å². The molecule has 86 valence electrons. The van der Waals surface area contributed by atoms with Gasteiger partial charge in [0.25, 0.3) is 0 Å². The molecule has 1 atom stereocenters. The lowest BCUT2D eigenvalue weighted by Gasteiger charge is -2.14. The standard InChI is InChI=1S/C13H28O/c1-5-13(10-11-14-4)9-7-6-8-12(2)3/h12-13H,5-11H2,1-4H3/t13-/m0/s1. The smallest absolute Gasteiger partial charge is 0.0464 e. The van der Waals surface area contributed by atoms with Crippen LogP contribution in [0.25, 0.3) is 0 Å². The summed E-state index contributed by atoms with van der Waals surface area (Å²) < 4.78 is 5.12. The van der Waals surface area contributed by atoms with Crippen molar-refractivity contribution in [3.8, 4) is 0 Å². The first-order chi connectivity index (χ1) is 6.70. The lowest BCUT2D eigenvalue weighted by atomic mass is 9.94. The van der Waals surface area contributed by atoms with Crippen LogP contribution in [0.2, 0.25) is 0 Å². The molecule has 0 radical (unpaired) electrons. The minimum Gasteiger partial charge on any atom is -0.385 e. The van der Waals surface area contributed by atoms with E-state index in [1.54, 1.807) is 7.11 Å². The van der Waals surface area contributed by atoms with Gasteiger partial charge in [-0.25, -0.2) is 0 Å². The fourth-order valence-electron chi connectivity index (χ4n) is 1.82. The van der Waals surface area contributed by atoms with Crippen molar-refractivity contribution < 1.29 is 4.74 Å². The molecule has 0 aliphatic heterocycles. The predicted molar refractivity (Wildman–Crippen MR) is 63.6 cm³/mol. The molecule has 0 bridgehead atoms. The van der Waals surface area contributed by atoms with Gasteiger partial charge in [0.2, 0.25) is 0 Å². The Balaban J connectivity index is 3.33. The summed E-state index contributed by atoms with van der Waals surface area (Å²) in [6, 6.07) is 0. The van der Waals surface area contributed by atoms with Crippen LogP contribution < -0.4 is 0 Å². The average Bonchev–Trinajstić information content (AvgIpc) is 2.16. The molecule has 0 aromatic rings. The lowest BCUT2D eigenvalue weighted by molar-refractivity contribution is 0.173. The van der Waals surface area contributed by atoms with E-state index in [1.807, 2.05) is 0 Å². The number of rotatable bonds is 9. The summed E-state index contributed by atoms with van der Waals surface area (Å²) in [5, 5.41) is 0. The van der Waals surface area contributed by atoms with Gasteiger partial charge in [0.1, 0.15) is 0 Å². The normalized spacial score (nSPS) is 13.5. The minimum atomic E-state index is 0.869. The summed E-state index contributed by atoms with van der Waals surface area (Å²) >= 11 is 0. The number of hydrogen-bond acceptors (Lipinski definition) is 1. The van der Waals surface area contributed by atoms with E-state index in [-0.39, 0.29) is 0 Å². The fraction of sp³-hybridized carbons (Fsp3) is 1.00. The van der Waals surface area contributed by atoms with Crippen LogP contribution in [-0.2, 0) is 4.74 Å². The summed E-state index contributed by atoms with van der Waals surface area (Å²) in [6.07, 6.45) is 8.15. The molecule has 0 amide bonds. The van der Waals surface area contributed by atoms with Gasteiger partial charge in [0.05, 0.1) is 0 Å². The molecular formula is C13H28O. The number of hydrogen-bond donors (Lipinski definition) is 0. The van der Waals surface area contributed by atoms with Gasteiger partial charge in [0, 0.05) is 13.7 Å². The second-order valence-electron chi connectivity index (χ2n) is 4.73. The molecule has 1 heteroatoms. The molecule has 0 rings (SSSR count). The summed E-state index contributed by atoms with van der Waals surface area (Å²) in [6.45, 7) is 7.84. The van der Waals surface area contributed by atoms with Crippen molar-refractivity contribution in [3.63, 3.8) is 0 Å². The van der Waals surface area contributed by atoms with E-state index in [0.29, 0.717) is 0 Å². The topological polar surface area (TPSA) is 9.23 Å². The molecule has 1 nitrogen and oxygen atoms in total. The molecule has 0 fully saturated rings. The maximum atomic E-state index is 5.12. The van der Waals surface area contributed by atoms with E-state index in [9.17, 15) is 0 Å². The van der Waals surface area contributed by atoms with Gasteiger partial charge >= 0.3 is 0 Å². The highest BCUT2D eigenvalue weighted by Crippen LogP contribution is 2.18. The monoisotopic (exact) mass is 200 g/mol. The zero-order chi connectivity index (χ0) is 10.8. The highest BCUT2D eigenvalue weighted by Gasteiger charge is 2.05. The second kappa shape index (κ2) is 9.51. The van der Waals surface area contributed by atoms with E-state index < -0.39 is 0 Å². The van der Waals surface area contributed by atoms with Crippen LogP contribution in [0, 0.1) is 11.8 Å². The van der Waals surface area contributed by atoms with Crippen LogP contribution in [0.5, 0.6) is 0 Å². The van der Waals surface area contributed by atoms with Crippen molar-refractivity contribution in [2.24, 2.45) is 11.8 Å². The number of unbranched alkanes of at least 4 members (excludes halogenated alkanes) is 1. The van der Waals surface area contributed by atoms with Gasteiger partial charge in [-0.3, -0.25) is 0 Å². The highest BCUT2D eigenvalue weighted by molar-refractivity contribution is 4.58. The van der Waals surface area contributed by atoms with Gasteiger partial charge in [-0.2, -0.15) is 0 Å². The van der Waals surface area contributed by atoms with Gasteiger partial charge in [-0.15, -0.1) is 0 Å². The molecule has 0 aromatic carbocycles. The highest BCUT2D eigenvalue weighted by atomic mass is 16.5. The first-order valence-corrected chi connectivity index (χ1v) is 6.19. The Labute approximate surface area is 90.2 Å². The van der Waals surface area contributed by atoms with Crippen LogP contribution in [0.1, 0.15) is 59.3 Å². The van der Waals surface area contributed by atoms with E-state index in [2.05, 4.69) is 20.8 Å². The van der Waals surface area contributed by atoms with Gasteiger partial charge < -0.3 is 4.74 Å². The largest absolute Gasteiger partial charge is 0.385 e. The molecule has 0 heterocycles. The molecule has 0 unspecified atom stereocenters. The average molecular weight is 200 g/mol. The predicted octanol–water partition coefficient (Wildman–Crippen LogP) is 4.27. The van der Waals surface area contributed by atoms with Crippen LogP contribution in [0.3, 0.4) is 0 Å². The number of methoxy groups -OCH3 is 1. The minimum absolute atomic E-state index is 0.869. The van der Waals surface area contributed by atoms with Crippen LogP contribution in [0.15, 0.2) is 0 Å². The summed E-state index contributed by atoms with van der Waals surface area (Å²) in [5.41, 5.74) is 0. The summed E-state index contributed by atoms with van der Waals surface area (Å²) in [5.74, 6) is 1.76. The molecule has 0 spiro atoms. The van der Waals surface area contributed by atoms with E-state index in [1.165, 1.54) is 38.5 Å². The molecule has 0 aromatic heterocycles. The molecule has 0 saturated heterocycles. The van der Waals surface area contributed by atoms with Crippen LogP contribution in [-0.4, -0.2) is 13.7 Å². The van der Waals surface area contributed by atoms with Crippen molar-refractivity contribution >= 4 is 0 Å². The Morgan fingerprint density at radius 2 is 1.64 bits per heavy atom. The Morgan fingerprint density at radius 3 is 2.14 bits per heavy atom. The van der Waals surface area contributed by atoms with Crippen molar-refractivity contribution in [3.05, 3.63) is 0 Å². The molecule has 14 heavy (non-hydrogen) atoms. The van der Waals surface area contributed by atoms with E-state index in [4.69, 9.17) is 4.74 Å². The Bertz CT molecular complexity index is 110. The third kappa shape index (κ3) is 8.55. The van der Waals surface area contributed by atoms with Gasteiger partial charge in [0.15, 0.2) is 0 Å². The molecule has 0 aliphatic rings. The Kier molecular flexibility index (Phi) is 9.49. The van der Waals surface area contributed by atoms with Crippen molar-refractivity contribution in [2.75, 3.05) is 13.7 Å². The Hall–Kier alpha value is -0.0400. The Morgan fingerprint density at radius 1 is 1.00 bits per heavy atom. The maximum Gasteiger partial charge on any atom is 0.0464 e. The van der Waals surface area contributed by atoms with Crippen LogP contribution in [0.4, 0.5) is 0 Å². The third-order valence-corrected chi connectivity index (χ3v) is 2.95. The molecule has 0 saturated carbocycles. The van der Waals surface area contributed by atoms with Crippen LogP contribution >= 0.6 is 0 Å². The zero-order valence-electron chi connectivity index (χ0n) is 10.5.